The highest BCUT2D eigenvalue weighted by Crippen LogP contribution is 2.39. The molecule has 0 unspecified atom stereocenters. The molecule has 44 heavy (non-hydrogen) atoms. The number of nitrogens with zero attached hydrogens (tertiary/aromatic N) is 4. The van der Waals surface area contributed by atoms with E-state index in [-0.39, 0.29) is 0 Å². The van der Waals surface area contributed by atoms with Gasteiger partial charge >= 0.3 is 0 Å². The van der Waals surface area contributed by atoms with Gasteiger partial charge in [0.2, 0.25) is 0 Å². The fourth-order valence-electron chi connectivity index (χ4n) is 6.83. The zero-order valence-electron chi connectivity index (χ0n) is 24.5. The van der Waals surface area contributed by atoms with Crippen LogP contribution in [0.15, 0.2) is 134 Å². The molecule has 9 aromatic rings. The lowest BCUT2D eigenvalue weighted by molar-refractivity contribution is 0.948. The third-order valence-corrected chi connectivity index (χ3v) is 9.13. The van der Waals surface area contributed by atoms with Gasteiger partial charge < -0.3 is 9.13 Å². The Labute approximate surface area is 254 Å². The number of aryl methyl sites for hydroxylation is 2. The second-order valence-corrected chi connectivity index (χ2v) is 11.8. The molecule has 0 fully saturated rings. The van der Waals surface area contributed by atoms with Crippen LogP contribution < -0.4 is 0 Å². The molecule has 0 atom stereocenters. The van der Waals surface area contributed by atoms with E-state index < -0.39 is 0 Å². The number of aromatic nitrogens is 4. The number of fused-ring (bicyclic) bond motifs is 8. The van der Waals surface area contributed by atoms with Crippen LogP contribution >= 0.6 is 0 Å². The second-order valence-electron chi connectivity index (χ2n) is 11.8. The van der Waals surface area contributed by atoms with Crippen LogP contribution in [0, 0.1) is 0 Å². The molecular formula is C40H28N4. The molecule has 0 saturated carbocycles. The predicted octanol–water partition coefficient (Wildman–Crippen LogP) is 9.92. The molecule has 0 saturated heterocycles. The quantitative estimate of drug-likeness (QED) is 0.200. The summed E-state index contributed by atoms with van der Waals surface area (Å²) in [6.07, 6.45) is 3.75. The molecule has 0 amide bonds. The van der Waals surface area contributed by atoms with E-state index >= 15 is 0 Å². The lowest BCUT2D eigenvalue weighted by Gasteiger charge is -2.14. The van der Waals surface area contributed by atoms with Crippen LogP contribution in [0.5, 0.6) is 0 Å². The molecule has 0 N–H and O–H groups in total. The molecule has 0 radical (unpaired) electrons. The van der Waals surface area contributed by atoms with Gasteiger partial charge in [-0.15, -0.1) is 0 Å². The lowest BCUT2D eigenvalue weighted by Crippen LogP contribution is -1.90. The summed E-state index contributed by atoms with van der Waals surface area (Å²) in [4.78, 5) is 9.09. The van der Waals surface area contributed by atoms with Gasteiger partial charge in [-0.05, 0) is 114 Å². The molecule has 208 valence electrons. The van der Waals surface area contributed by atoms with Crippen molar-refractivity contribution in [3.8, 4) is 33.4 Å². The standard InChI is InChI=1S/C40H28N4/c1-43-23-41-37-15-12-26(21-39(37)43)29-17-28(18-30(19-29)27-13-16-38-40(22-27)44(2)24-42-38)25-11-14-35-33-9-4-3-7-31(33)32-8-5-6-10-34(32)36(35)20-25/h3-24H,1-2H3. The van der Waals surface area contributed by atoms with Crippen molar-refractivity contribution in [3.05, 3.63) is 134 Å². The van der Waals surface area contributed by atoms with E-state index in [4.69, 9.17) is 0 Å². The van der Waals surface area contributed by atoms with Crippen molar-refractivity contribution in [1.29, 1.82) is 0 Å². The largest absolute Gasteiger partial charge is 0.334 e. The Morgan fingerprint density at radius 3 is 1.23 bits per heavy atom. The van der Waals surface area contributed by atoms with Crippen molar-refractivity contribution in [3.63, 3.8) is 0 Å². The van der Waals surface area contributed by atoms with E-state index in [1.165, 1.54) is 65.7 Å². The van der Waals surface area contributed by atoms with Gasteiger partial charge in [0.1, 0.15) is 0 Å². The molecule has 0 aliphatic heterocycles. The normalized spacial score (nSPS) is 11.9. The number of benzene rings is 7. The molecule has 0 spiro atoms. The van der Waals surface area contributed by atoms with Gasteiger partial charge in [-0.2, -0.15) is 0 Å². The van der Waals surface area contributed by atoms with Crippen molar-refractivity contribution in [2.75, 3.05) is 0 Å². The summed E-state index contributed by atoms with van der Waals surface area (Å²) in [7, 11) is 4.10. The molecule has 9 rings (SSSR count). The van der Waals surface area contributed by atoms with Crippen LogP contribution in [0.1, 0.15) is 0 Å². The average molecular weight is 565 g/mol. The first-order valence-corrected chi connectivity index (χ1v) is 14.9. The maximum Gasteiger partial charge on any atom is 0.0955 e. The van der Waals surface area contributed by atoms with Crippen molar-refractivity contribution in [2.45, 2.75) is 0 Å². The summed E-state index contributed by atoms with van der Waals surface area (Å²) >= 11 is 0. The van der Waals surface area contributed by atoms with Crippen LogP contribution in [0.25, 0.3) is 87.8 Å². The Morgan fingerprint density at radius 1 is 0.364 bits per heavy atom. The van der Waals surface area contributed by atoms with E-state index in [9.17, 15) is 0 Å². The van der Waals surface area contributed by atoms with E-state index in [2.05, 4.69) is 140 Å². The first-order chi connectivity index (χ1) is 21.6. The van der Waals surface area contributed by atoms with Gasteiger partial charge in [-0.1, -0.05) is 72.8 Å². The summed E-state index contributed by atoms with van der Waals surface area (Å²) in [6.45, 7) is 0. The van der Waals surface area contributed by atoms with Crippen molar-refractivity contribution < 1.29 is 0 Å². The van der Waals surface area contributed by atoms with Gasteiger partial charge in [0.15, 0.2) is 0 Å². The van der Waals surface area contributed by atoms with Gasteiger partial charge in [0.25, 0.3) is 0 Å². The first-order valence-electron chi connectivity index (χ1n) is 14.9. The zero-order valence-corrected chi connectivity index (χ0v) is 24.5. The highest BCUT2D eigenvalue weighted by Gasteiger charge is 2.13. The van der Waals surface area contributed by atoms with Gasteiger partial charge in [-0.3, -0.25) is 0 Å². The smallest absolute Gasteiger partial charge is 0.0955 e. The van der Waals surface area contributed by atoms with Crippen molar-refractivity contribution in [1.82, 2.24) is 19.1 Å². The molecule has 4 nitrogen and oxygen atoms in total. The fourth-order valence-corrected chi connectivity index (χ4v) is 6.83. The van der Waals surface area contributed by atoms with Gasteiger partial charge in [0.05, 0.1) is 34.7 Å². The summed E-state index contributed by atoms with van der Waals surface area (Å²) in [5.41, 5.74) is 11.3. The molecule has 0 aliphatic rings. The topological polar surface area (TPSA) is 35.6 Å². The Morgan fingerprint density at radius 2 is 0.750 bits per heavy atom. The highest BCUT2D eigenvalue weighted by molar-refractivity contribution is 6.25. The lowest BCUT2D eigenvalue weighted by atomic mass is 9.90. The van der Waals surface area contributed by atoms with Gasteiger partial charge in [-0.25, -0.2) is 9.97 Å². The fraction of sp³-hybridized carbons (Fsp3) is 0.0500. The molecule has 0 bridgehead atoms. The summed E-state index contributed by atoms with van der Waals surface area (Å²) in [5.74, 6) is 0. The van der Waals surface area contributed by atoms with Crippen molar-refractivity contribution >= 4 is 54.4 Å². The van der Waals surface area contributed by atoms with Crippen LogP contribution in [-0.4, -0.2) is 19.1 Å². The van der Waals surface area contributed by atoms with E-state index in [1.807, 2.05) is 26.7 Å². The average Bonchev–Trinajstić information content (AvgIpc) is 3.65. The molecule has 2 aromatic heterocycles. The third kappa shape index (κ3) is 3.78. The molecule has 0 aliphatic carbocycles. The van der Waals surface area contributed by atoms with E-state index in [1.54, 1.807) is 0 Å². The molecule has 2 heterocycles. The Bertz CT molecular complexity index is 2450. The zero-order chi connectivity index (χ0) is 29.4. The SMILES string of the molecule is Cn1cnc2ccc(-c3cc(-c4ccc5c6ccccc6c6ccccc6c5c4)cc(-c4ccc5ncn(C)c5c4)c3)cc21. The predicted molar refractivity (Wildman–Crippen MR) is 184 cm³/mol. The minimum Gasteiger partial charge on any atom is -0.334 e. The summed E-state index contributed by atoms with van der Waals surface area (Å²) in [6, 6.07) is 44.5. The third-order valence-electron chi connectivity index (χ3n) is 9.13. The number of imidazole rings is 2. The highest BCUT2D eigenvalue weighted by atomic mass is 15.0. The first kappa shape index (κ1) is 24.8. The number of hydrogen-bond acceptors (Lipinski definition) is 2. The maximum absolute atomic E-state index is 4.55. The van der Waals surface area contributed by atoms with Crippen LogP contribution in [0.4, 0.5) is 0 Å². The van der Waals surface area contributed by atoms with Crippen LogP contribution in [0.3, 0.4) is 0 Å². The molecule has 7 aromatic carbocycles. The van der Waals surface area contributed by atoms with E-state index in [0.29, 0.717) is 0 Å². The van der Waals surface area contributed by atoms with Crippen LogP contribution in [0.2, 0.25) is 0 Å². The minimum absolute atomic E-state index is 1.00. The monoisotopic (exact) mass is 564 g/mol. The molecule has 4 heteroatoms. The summed E-state index contributed by atoms with van der Waals surface area (Å²) < 4.78 is 4.16. The second kappa shape index (κ2) is 9.38. The van der Waals surface area contributed by atoms with Gasteiger partial charge in [0, 0.05) is 14.1 Å². The van der Waals surface area contributed by atoms with Crippen LogP contribution in [-0.2, 0) is 14.1 Å². The number of rotatable bonds is 3. The minimum atomic E-state index is 1.00. The van der Waals surface area contributed by atoms with Crippen molar-refractivity contribution in [2.24, 2.45) is 14.1 Å². The Hall–Kier alpha value is -5.74. The Kier molecular flexibility index (Phi) is 5.29. The Balaban J connectivity index is 1.30. The van der Waals surface area contributed by atoms with E-state index in [0.717, 1.165) is 22.1 Å². The number of hydrogen-bond donors (Lipinski definition) is 0. The molecular weight excluding hydrogens is 536 g/mol. The summed E-state index contributed by atoms with van der Waals surface area (Å²) in [5, 5.41) is 7.71. The maximum atomic E-state index is 4.55.